The molecule has 2 aliphatic heterocycles. The zero-order chi connectivity index (χ0) is 6.97. The molecule has 0 unspecified atom stereocenters. The third kappa shape index (κ3) is 1.92. The Kier molecular flexibility index (Phi) is 4.12. The van der Waals surface area contributed by atoms with Crippen LogP contribution in [0.1, 0.15) is 0 Å². The molecule has 2 rings (SSSR count). The lowest BCUT2D eigenvalue weighted by Crippen LogP contribution is -2.41. The molecule has 0 saturated carbocycles. The van der Waals surface area contributed by atoms with Crippen LogP contribution in [-0.2, 0) is 0 Å². The number of hydrogen-bond donors (Lipinski definition) is 2. The second kappa shape index (κ2) is 4.37. The minimum atomic E-state index is 0. The maximum atomic E-state index is 5.43. The van der Waals surface area contributed by atoms with Gasteiger partial charge in [-0.25, -0.2) is 11.0 Å². The Morgan fingerprint density at radius 2 is 2.00 bits per heavy atom. The van der Waals surface area contributed by atoms with Crippen molar-refractivity contribution >= 4 is 24.8 Å². The topological polar surface area (TPSA) is 44.5 Å². The van der Waals surface area contributed by atoms with Crippen molar-refractivity contribution in [3.8, 4) is 0 Å². The summed E-state index contributed by atoms with van der Waals surface area (Å²) in [6.45, 7) is 0. The highest BCUT2D eigenvalue weighted by atomic mass is 35.5. The van der Waals surface area contributed by atoms with E-state index in [9.17, 15) is 0 Å². The molecule has 0 radical (unpaired) electrons. The predicted octanol–water partition coefficient (Wildman–Crippen LogP) is 0.666. The van der Waals surface area contributed by atoms with E-state index in [0.717, 1.165) is 5.70 Å². The molecule has 0 aliphatic carbocycles. The summed E-state index contributed by atoms with van der Waals surface area (Å²) in [7, 11) is 0. The second-order valence-corrected chi connectivity index (χ2v) is 2.13. The number of nitrogens with zero attached hydrogens (tertiary/aromatic N) is 2. The summed E-state index contributed by atoms with van der Waals surface area (Å²) >= 11 is 0. The normalized spacial score (nSPS) is 17.9. The van der Waals surface area contributed by atoms with Gasteiger partial charge < -0.3 is 0 Å². The zero-order valence-electron chi connectivity index (χ0n) is 6.18. The quantitative estimate of drug-likeness (QED) is 0.575. The lowest BCUT2D eigenvalue weighted by molar-refractivity contribution is 0.177. The van der Waals surface area contributed by atoms with E-state index in [1.165, 1.54) is 5.12 Å². The van der Waals surface area contributed by atoms with Crippen LogP contribution in [-0.4, -0.2) is 10.1 Å². The average molecular weight is 209 g/mol. The Morgan fingerprint density at radius 3 is 2.67 bits per heavy atom. The molecule has 0 fully saturated rings. The highest BCUT2D eigenvalue weighted by Crippen LogP contribution is 2.13. The van der Waals surface area contributed by atoms with E-state index < -0.39 is 0 Å². The van der Waals surface area contributed by atoms with Crippen molar-refractivity contribution < 1.29 is 0 Å². The molecular weight excluding hydrogens is 199 g/mol. The lowest BCUT2D eigenvalue weighted by Gasteiger charge is -2.18. The number of halogens is 2. The van der Waals surface area contributed by atoms with Crippen molar-refractivity contribution in [2.24, 2.45) is 5.84 Å². The van der Waals surface area contributed by atoms with E-state index in [0.29, 0.717) is 0 Å². The molecule has 0 aromatic rings. The van der Waals surface area contributed by atoms with E-state index in [-0.39, 0.29) is 24.8 Å². The molecule has 2 heterocycles. The summed E-state index contributed by atoms with van der Waals surface area (Å²) in [4.78, 5) is 0. The molecule has 0 bridgehead atoms. The van der Waals surface area contributed by atoms with Gasteiger partial charge in [-0.15, -0.1) is 30.3 Å². The monoisotopic (exact) mass is 208 g/mol. The minimum absolute atomic E-state index is 0. The zero-order valence-corrected chi connectivity index (χ0v) is 7.81. The highest BCUT2D eigenvalue weighted by molar-refractivity contribution is 5.85. The van der Waals surface area contributed by atoms with Crippen molar-refractivity contribution in [1.29, 1.82) is 0 Å². The molecule has 0 aromatic heterocycles. The summed E-state index contributed by atoms with van der Waals surface area (Å²) < 4.78 is 0. The number of nitrogens with two attached hydrogens (primary N) is 1. The van der Waals surface area contributed by atoms with E-state index in [2.05, 4.69) is 5.53 Å². The SMILES string of the molecule is Cl.Cl.NN1C=C2C=CC=CN2N1. The molecule has 68 valence electrons. The fourth-order valence-corrected chi connectivity index (χ4v) is 0.948. The van der Waals surface area contributed by atoms with Crippen LogP contribution in [0.4, 0.5) is 0 Å². The molecule has 0 amide bonds. The van der Waals surface area contributed by atoms with Crippen LogP contribution in [0.5, 0.6) is 0 Å². The van der Waals surface area contributed by atoms with E-state index >= 15 is 0 Å². The van der Waals surface area contributed by atoms with Gasteiger partial charge in [0.25, 0.3) is 0 Å². The number of rotatable bonds is 0. The van der Waals surface area contributed by atoms with Crippen molar-refractivity contribution in [1.82, 2.24) is 15.7 Å². The van der Waals surface area contributed by atoms with Crippen LogP contribution in [0.3, 0.4) is 0 Å². The van der Waals surface area contributed by atoms with Crippen molar-refractivity contribution in [2.75, 3.05) is 0 Å². The molecule has 0 atom stereocenters. The molecule has 12 heavy (non-hydrogen) atoms. The van der Waals surface area contributed by atoms with Crippen molar-refractivity contribution in [2.45, 2.75) is 0 Å². The molecular formula is C6H10Cl2N4. The summed E-state index contributed by atoms with van der Waals surface area (Å²) in [5.41, 5.74) is 3.92. The Labute approximate surface area is 83.1 Å². The van der Waals surface area contributed by atoms with Gasteiger partial charge in [-0.3, -0.25) is 5.01 Å². The summed E-state index contributed by atoms with van der Waals surface area (Å²) in [6, 6.07) is 0. The van der Waals surface area contributed by atoms with Gasteiger partial charge in [-0.05, 0) is 12.2 Å². The largest absolute Gasteiger partial charge is 0.264 e. The average Bonchev–Trinajstić information content (AvgIpc) is 2.27. The van der Waals surface area contributed by atoms with Gasteiger partial charge in [0.2, 0.25) is 0 Å². The van der Waals surface area contributed by atoms with Crippen LogP contribution >= 0.6 is 24.8 Å². The molecule has 0 aromatic carbocycles. The van der Waals surface area contributed by atoms with Gasteiger partial charge >= 0.3 is 0 Å². The van der Waals surface area contributed by atoms with E-state index in [1.807, 2.05) is 29.4 Å². The standard InChI is InChI=1S/C6H8N4.2ClH/c7-10-5-6-3-1-2-4-9(6)8-10;;/h1-5,8H,7H2;2*1H. The maximum absolute atomic E-state index is 5.43. The summed E-state index contributed by atoms with van der Waals surface area (Å²) in [6.07, 6.45) is 9.57. The molecule has 0 spiro atoms. The smallest absolute Gasteiger partial charge is 0.0780 e. The van der Waals surface area contributed by atoms with Crippen LogP contribution in [0.15, 0.2) is 36.3 Å². The number of allylic oxidation sites excluding steroid dienone is 3. The van der Waals surface area contributed by atoms with Crippen molar-refractivity contribution in [3.05, 3.63) is 36.3 Å². The maximum Gasteiger partial charge on any atom is 0.0780 e. The first-order valence-electron chi connectivity index (χ1n) is 3.02. The number of hydrazine groups is 3. The third-order valence-corrected chi connectivity index (χ3v) is 1.39. The molecule has 3 N–H and O–H groups in total. The first kappa shape index (κ1) is 11.3. The second-order valence-electron chi connectivity index (χ2n) is 2.13. The Hall–Kier alpha value is -0.680. The van der Waals surface area contributed by atoms with Crippen LogP contribution in [0.25, 0.3) is 0 Å². The Morgan fingerprint density at radius 1 is 1.25 bits per heavy atom. The summed E-state index contributed by atoms with van der Waals surface area (Å²) in [5.74, 6) is 5.43. The first-order valence-corrected chi connectivity index (χ1v) is 3.02. The molecule has 6 heteroatoms. The highest BCUT2D eigenvalue weighted by Gasteiger charge is 2.14. The van der Waals surface area contributed by atoms with Gasteiger partial charge in [0, 0.05) is 6.20 Å². The van der Waals surface area contributed by atoms with Gasteiger partial charge in [-0.1, -0.05) is 6.08 Å². The first-order chi connectivity index (χ1) is 4.86. The fraction of sp³-hybridized carbons (Fsp3) is 0. The number of hydrogen-bond acceptors (Lipinski definition) is 4. The van der Waals surface area contributed by atoms with Crippen LogP contribution in [0.2, 0.25) is 0 Å². The summed E-state index contributed by atoms with van der Waals surface area (Å²) in [5, 5.41) is 3.25. The van der Waals surface area contributed by atoms with Gasteiger partial charge in [0.15, 0.2) is 0 Å². The van der Waals surface area contributed by atoms with Gasteiger partial charge in [0.1, 0.15) is 0 Å². The van der Waals surface area contributed by atoms with Crippen LogP contribution in [0, 0.1) is 0 Å². The molecule has 2 aliphatic rings. The fourth-order valence-electron chi connectivity index (χ4n) is 0.948. The lowest BCUT2D eigenvalue weighted by atomic mass is 10.3. The van der Waals surface area contributed by atoms with E-state index in [4.69, 9.17) is 5.84 Å². The number of nitrogens with one attached hydrogen (secondary N) is 1. The predicted molar refractivity (Wildman–Crippen MR) is 51.9 cm³/mol. The number of fused-ring (bicyclic) bond motifs is 1. The van der Waals surface area contributed by atoms with Crippen molar-refractivity contribution in [3.63, 3.8) is 0 Å². The Balaban J connectivity index is 0.000000605. The minimum Gasteiger partial charge on any atom is -0.264 e. The molecule has 0 saturated heterocycles. The van der Waals surface area contributed by atoms with Gasteiger partial charge in [0.05, 0.1) is 11.9 Å². The van der Waals surface area contributed by atoms with E-state index in [1.54, 1.807) is 6.20 Å². The third-order valence-electron chi connectivity index (χ3n) is 1.39. The molecule has 4 nitrogen and oxygen atoms in total. The van der Waals surface area contributed by atoms with Gasteiger partial charge in [-0.2, -0.15) is 0 Å². The van der Waals surface area contributed by atoms with Crippen LogP contribution < -0.4 is 11.4 Å². The Bertz CT molecular complexity index is 236.